The highest BCUT2D eigenvalue weighted by Crippen LogP contribution is 2.45. The van der Waals surface area contributed by atoms with E-state index < -0.39 is 8.07 Å². The van der Waals surface area contributed by atoms with Gasteiger partial charge in [0.15, 0.2) is 0 Å². The molecule has 0 bridgehead atoms. The molecule has 7 aromatic rings. The number of rotatable bonds is 4. The molecule has 4 heterocycles. The van der Waals surface area contributed by atoms with E-state index in [0.29, 0.717) is 0 Å². The predicted octanol–water partition coefficient (Wildman–Crippen LogP) is 8.01. The first-order valence-corrected chi connectivity index (χ1v) is 20.7. The van der Waals surface area contributed by atoms with Gasteiger partial charge in [-0.1, -0.05) is 129 Å². The molecule has 0 aliphatic carbocycles. The van der Waals surface area contributed by atoms with Gasteiger partial charge in [-0.15, -0.1) is 0 Å². The second kappa shape index (κ2) is 10.5. The van der Waals surface area contributed by atoms with Crippen LogP contribution in [0.25, 0.3) is 16.8 Å². The maximum Gasteiger partial charge on any atom is 0.273 e. The van der Waals surface area contributed by atoms with E-state index in [1.165, 1.54) is 55.0 Å². The van der Waals surface area contributed by atoms with Crippen LogP contribution in [0.4, 0.5) is 17.1 Å². The second-order valence-corrected chi connectivity index (χ2v) is 19.2. The summed E-state index contributed by atoms with van der Waals surface area (Å²) >= 11 is 0. The van der Waals surface area contributed by atoms with Crippen LogP contribution in [0.1, 0.15) is 25.0 Å². The highest BCUT2D eigenvalue weighted by Gasteiger charge is 2.52. The Kier molecular flexibility index (Phi) is 6.17. The Hall–Kier alpha value is -5.52. The van der Waals surface area contributed by atoms with Gasteiger partial charge in [0.2, 0.25) is 0 Å². The molecule has 50 heavy (non-hydrogen) atoms. The van der Waals surface area contributed by atoms with Gasteiger partial charge < -0.3 is 14.2 Å². The van der Waals surface area contributed by atoms with Crippen LogP contribution in [0.5, 0.6) is 11.5 Å². The number of fused-ring (bicyclic) bond motifs is 8. The van der Waals surface area contributed by atoms with Gasteiger partial charge in [-0.25, -0.2) is 0 Å². The van der Waals surface area contributed by atoms with Crippen LogP contribution in [0.2, 0.25) is 13.1 Å². The highest BCUT2D eigenvalue weighted by atomic mass is 28.3. The minimum atomic E-state index is -2.11. The molecule has 0 radical (unpaired) electrons. The van der Waals surface area contributed by atoms with Crippen molar-refractivity contribution in [3.8, 4) is 28.3 Å². The first-order valence-electron chi connectivity index (χ1n) is 17.7. The van der Waals surface area contributed by atoms with Gasteiger partial charge in [0, 0.05) is 44.6 Å². The number of para-hydroxylation sites is 3. The van der Waals surface area contributed by atoms with Gasteiger partial charge in [0.05, 0.1) is 0 Å². The average Bonchev–Trinajstić information content (AvgIpc) is 3.61. The number of hydrogen-bond acceptors (Lipinski definition) is 2. The van der Waals surface area contributed by atoms with E-state index in [1.54, 1.807) is 0 Å². The lowest BCUT2D eigenvalue weighted by Crippen LogP contribution is -2.65. The van der Waals surface area contributed by atoms with Gasteiger partial charge in [-0.05, 0) is 81.9 Å². The number of nitrogens with zero attached hydrogens (tertiary/aromatic N) is 2. The average molecular weight is 661 g/mol. The van der Waals surface area contributed by atoms with Gasteiger partial charge >= 0.3 is 0 Å². The molecule has 0 fully saturated rings. The van der Waals surface area contributed by atoms with E-state index in [0.717, 1.165) is 28.6 Å². The minimum absolute atomic E-state index is 0.0201. The van der Waals surface area contributed by atoms with Crippen molar-refractivity contribution in [3.63, 3.8) is 0 Å². The van der Waals surface area contributed by atoms with Crippen LogP contribution in [0, 0.1) is 0 Å². The Morgan fingerprint density at radius 2 is 1.28 bits per heavy atom. The van der Waals surface area contributed by atoms with Crippen molar-refractivity contribution in [2.75, 3.05) is 4.90 Å². The first-order chi connectivity index (χ1) is 24.4. The van der Waals surface area contributed by atoms with Crippen molar-refractivity contribution in [2.45, 2.75) is 32.4 Å². The molecular weight excluding hydrogens is 623 g/mol. The summed E-state index contributed by atoms with van der Waals surface area (Å²) in [5.74, 6) is 2.00. The first kappa shape index (κ1) is 29.4. The topological polar surface area (TPSA) is 17.4 Å². The third-order valence-electron chi connectivity index (χ3n) is 11.5. The molecule has 10 rings (SSSR count). The summed E-state index contributed by atoms with van der Waals surface area (Å²) in [5.41, 5.74) is 13.6. The van der Waals surface area contributed by atoms with Crippen molar-refractivity contribution in [1.82, 2.24) is 4.57 Å². The Labute approximate surface area is 295 Å². The lowest BCUT2D eigenvalue weighted by atomic mass is 9.32. The molecular formula is C45H37BN2OSi. The molecule has 0 saturated heterocycles. The third kappa shape index (κ3) is 3.92. The summed E-state index contributed by atoms with van der Waals surface area (Å²) in [4.78, 5) is 2.38. The van der Waals surface area contributed by atoms with Crippen molar-refractivity contribution in [1.29, 1.82) is 0 Å². The highest BCUT2D eigenvalue weighted by molar-refractivity contribution is 7.05. The number of benzene rings is 6. The van der Waals surface area contributed by atoms with E-state index in [1.807, 2.05) is 0 Å². The molecule has 0 N–H and O–H groups in total. The molecule has 0 saturated carbocycles. The number of hydrogen-bond donors (Lipinski definition) is 0. The van der Waals surface area contributed by atoms with Gasteiger partial charge in [0.1, 0.15) is 19.6 Å². The van der Waals surface area contributed by atoms with Gasteiger partial charge in [-0.2, -0.15) is 0 Å². The van der Waals surface area contributed by atoms with Crippen molar-refractivity contribution in [2.24, 2.45) is 0 Å². The maximum absolute atomic E-state index is 7.20. The van der Waals surface area contributed by atoms with Crippen LogP contribution in [0.15, 0.2) is 152 Å². The summed E-state index contributed by atoms with van der Waals surface area (Å²) in [6, 6.07) is 55.4. The number of anilines is 3. The molecule has 6 aromatic carbocycles. The van der Waals surface area contributed by atoms with Crippen molar-refractivity contribution in [3.05, 3.63) is 163 Å². The Balaban J connectivity index is 1.27. The van der Waals surface area contributed by atoms with E-state index in [9.17, 15) is 0 Å². The fraction of sp³-hybridized carbons (Fsp3) is 0.111. The maximum atomic E-state index is 7.20. The molecule has 240 valence electrons. The Morgan fingerprint density at radius 3 is 1.98 bits per heavy atom. The van der Waals surface area contributed by atoms with E-state index in [2.05, 4.69) is 188 Å². The van der Waals surface area contributed by atoms with Crippen LogP contribution in [-0.2, 0) is 5.41 Å². The third-order valence-corrected chi connectivity index (χ3v) is 14.9. The molecule has 3 aliphatic rings. The van der Waals surface area contributed by atoms with Crippen LogP contribution in [0.3, 0.4) is 0 Å². The number of aromatic nitrogens is 1. The lowest BCUT2D eigenvalue weighted by molar-refractivity contribution is 0.486. The van der Waals surface area contributed by atoms with Crippen molar-refractivity contribution < 1.29 is 4.74 Å². The van der Waals surface area contributed by atoms with Gasteiger partial charge in [0.25, 0.3) is 6.71 Å². The zero-order chi connectivity index (χ0) is 33.8. The van der Waals surface area contributed by atoms with E-state index >= 15 is 0 Å². The number of ether oxygens (including phenoxy) is 1. The quantitative estimate of drug-likeness (QED) is 0.178. The summed E-state index contributed by atoms with van der Waals surface area (Å²) in [5, 5.41) is 2.92. The molecule has 3 aliphatic heterocycles. The van der Waals surface area contributed by atoms with E-state index in [4.69, 9.17) is 4.74 Å². The largest absolute Gasteiger partial charge is 0.456 e. The zero-order valence-corrected chi connectivity index (χ0v) is 29.8. The standard InChI is InChI=1S/C45H37BN2OSi/c1-45(2)35-24-16-25-38-41(35)46(37-28-27-33(29-36(37)45)47(30-17-8-5-9-18-30)31-19-10-6-11-20-31)43-42(49-38)40-34-23-14-15-26-39(34)50(3,4)44(40)48(43)32-21-12-7-13-22-32/h5-29H,1-4H3. The van der Waals surface area contributed by atoms with Crippen LogP contribution < -0.4 is 36.7 Å². The van der Waals surface area contributed by atoms with Gasteiger partial charge in [-0.3, -0.25) is 0 Å². The zero-order valence-electron chi connectivity index (χ0n) is 28.8. The molecule has 1 aromatic heterocycles. The molecule has 0 unspecified atom stereocenters. The Bertz CT molecular complexity index is 2430. The van der Waals surface area contributed by atoms with Crippen LogP contribution >= 0.6 is 0 Å². The fourth-order valence-corrected chi connectivity index (χ4v) is 12.6. The summed E-state index contributed by atoms with van der Waals surface area (Å²) < 4.78 is 9.81. The molecule has 0 amide bonds. The van der Waals surface area contributed by atoms with Crippen molar-refractivity contribution >= 4 is 58.9 Å². The molecule has 5 heteroatoms. The monoisotopic (exact) mass is 660 g/mol. The fourth-order valence-electron chi connectivity index (χ4n) is 9.24. The van der Waals surface area contributed by atoms with Crippen LogP contribution in [-0.4, -0.2) is 19.4 Å². The summed E-state index contributed by atoms with van der Waals surface area (Å²) in [6.07, 6.45) is 0. The predicted molar refractivity (Wildman–Crippen MR) is 212 cm³/mol. The summed E-state index contributed by atoms with van der Waals surface area (Å²) in [6.45, 7) is 9.80. The minimum Gasteiger partial charge on any atom is -0.456 e. The Morgan fingerprint density at radius 1 is 0.640 bits per heavy atom. The SMILES string of the molecule is CC1(C)c2cc(N(c3ccccc3)c3ccccc3)ccc2B2c3c(cccc31)Oc1c3c(n(-c4ccccc4)c12)[Si](C)(C)c1ccccc1-3. The second-order valence-electron chi connectivity index (χ2n) is 14.9. The lowest BCUT2D eigenvalue weighted by Gasteiger charge is -2.42. The normalized spacial score (nSPS) is 15.2. The molecule has 0 atom stereocenters. The molecule has 0 spiro atoms. The molecule has 3 nitrogen and oxygen atoms in total. The van der Waals surface area contributed by atoms with E-state index in [-0.39, 0.29) is 12.1 Å². The summed E-state index contributed by atoms with van der Waals surface area (Å²) in [7, 11) is -2.11. The smallest absolute Gasteiger partial charge is 0.273 e.